The number of aromatic nitrogens is 1. The van der Waals surface area contributed by atoms with Gasteiger partial charge in [0.05, 0.1) is 16.1 Å². The van der Waals surface area contributed by atoms with Gasteiger partial charge in [0.2, 0.25) is 0 Å². The molecule has 2 heterocycles. The van der Waals surface area contributed by atoms with Gasteiger partial charge in [0.1, 0.15) is 0 Å². The lowest BCUT2D eigenvalue weighted by atomic mass is 10.1. The van der Waals surface area contributed by atoms with Crippen LogP contribution in [0, 0.1) is 0 Å². The molecule has 26 heavy (non-hydrogen) atoms. The standard InChI is InChI=1S/C21H22Cl2N2O/c22-19-8-7-15(10-20(19)23)13-25-14-16(18-5-1-2-6-21(18)25)11-24-12-17-4-3-9-26-17/h1-2,5-8,10,14,17,24H,3-4,9,11-13H2/t17-/m1/s1. The quantitative estimate of drug-likeness (QED) is 0.622. The minimum Gasteiger partial charge on any atom is -0.377 e. The zero-order chi connectivity index (χ0) is 17.9. The average Bonchev–Trinajstić information content (AvgIpc) is 3.27. The van der Waals surface area contributed by atoms with Crippen molar-refractivity contribution >= 4 is 34.1 Å². The van der Waals surface area contributed by atoms with E-state index in [1.165, 1.54) is 22.9 Å². The molecule has 1 aromatic heterocycles. The highest BCUT2D eigenvalue weighted by Crippen LogP contribution is 2.26. The largest absolute Gasteiger partial charge is 0.377 e. The molecule has 1 fully saturated rings. The number of halogens is 2. The molecule has 3 nitrogen and oxygen atoms in total. The van der Waals surface area contributed by atoms with Gasteiger partial charge in [-0.1, -0.05) is 47.5 Å². The third-order valence-electron chi connectivity index (χ3n) is 4.92. The Morgan fingerprint density at radius 3 is 2.81 bits per heavy atom. The number of hydrogen-bond donors (Lipinski definition) is 1. The Morgan fingerprint density at radius 2 is 2.00 bits per heavy atom. The number of fused-ring (bicyclic) bond motifs is 1. The molecule has 0 amide bonds. The van der Waals surface area contributed by atoms with E-state index in [1.807, 2.05) is 18.2 Å². The summed E-state index contributed by atoms with van der Waals surface area (Å²) in [5, 5.41) is 6.02. The van der Waals surface area contributed by atoms with Crippen LogP contribution in [0.4, 0.5) is 0 Å². The molecule has 1 saturated heterocycles. The highest BCUT2D eigenvalue weighted by molar-refractivity contribution is 6.42. The molecule has 1 N–H and O–H groups in total. The van der Waals surface area contributed by atoms with Crippen LogP contribution in [0.5, 0.6) is 0 Å². The molecule has 4 rings (SSSR count). The Balaban J connectivity index is 1.53. The van der Waals surface area contributed by atoms with E-state index in [1.54, 1.807) is 0 Å². The second kappa shape index (κ2) is 8.01. The van der Waals surface area contributed by atoms with Crippen LogP contribution in [0.15, 0.2) is 48.7 Å². The van der Waals surface area contributed by atoms with Crippen LogP contribution < -0.4 is 5.32 Å². The van der Waals surface area contributed by atoms with Gasteiger partial charge < -0.3 is 14.6 Å². The van der Waals surface area contributed by atoms with Crippen LogP contribution in [0.2, 0.25) is 10.0 Å². The van der Waals surface area contributed by atoms with E-state index in [0.29, 0.717) is 16.1 Å². The lowest BCUT2D eigenvalue weighted by Crippen LogP contribution is -2.25. The number of para-hydroxylation sites is 1. The highest BCUT2D eigenvalue weighted by Gasteiger charge is 2.15. The third-order valence-corrected chi connectivity index (χ3v) is 5.66. The van der Waals surface area contributed by atoms with Gasteiger partial charge in [-0.05, 0) is 42.2 Å². The number of nitrogens with zero attached hydrogens (tertiary/aromatic N) is 1. The highest BCUT2D eigenvalue weighted by atomic mass is 35.5. The van der Waals surface area contributed by atoms with E-state index >= 15 is 0 Å². The predicted octanol–water partition coefficient (Wildman–Crippen LogP) is 5.27. The molecule has 0 aliphatic carbocycles. The third kappa shape index (κ3) is 3.91. The Hall–Kier alpha value is -1.52. The summed E-state index contributed by atoms with van der Waals surface area (Å²) in [5.41, 5.74) is 3.67. The summed E-state index contributed by atoms with van der Waals surface area (Å²) in [7, 11) is 0. The maximum Gasteiger partial charge on any atom is 0.0700 e. The van der Waals surface area contributed by atoms with E-state index in [9.17, 15) is 0 Å². The minimum absolute atomic E-state index is 0.361. The fourth-order valence-electron chi connectivity index (χ4n) is 3.60. The molecular weight excluding hydrogens is 367 g/mol. The zero-order valence-corrected chi connectivity index (χ0v) is 16.1. The summed E-state index contributed by atoms with van der Waals surface area (Å²) in [6.07, 6.45) is 4.93. The van der Waals surface area contributed by atoms with Gasteiger partial charge in [-0.25, -0.2) is 0 Å². The smallest absolute Gasteiger partial charge is 0.0700 e. The van der Waals surface area contributed by atoms with Crippen molar-refractivity contribution in [2.75, 3.05) is 13.2 Å². The molecule has 0 saturated carbocycles. The van der Waals surface area contributed by atoms with Crippen LogP contribution >= 0.6 is 23.2 Å². The first kappa shape index (κ1) is 17.9. The van der Waals surface area contributed by atoms with Gasteiger partial charge in [0, 0.05) is 43.3 Å². The van der Waals surface area contributed by atoms with Crippen LogP contribution in [0.25, 0.3) is 10.9 Å². The van der Waals surface area contributed by atoms with Crippen molar-refractivity contribution in [3.8, 4) is 0 Å². The van der Waals surface area contributed by atoms with Gasteiger partial charge >= 0.3 is 0 Å². The summed E-state index contributed by atoms with van der Waals surface area (Å²) in [6.45, 7) is 3.42. The van der Waals surface area contributed by atoms with E-state index in [2.05, 4.69) is 40.3 Å². The Kier molecular flexibility index (Phi) is 5.51. The first-order valence-corrected chi connectivity index (χ1v) is 9.79. The van der Waals surface area contributed by atoms with E-state index in [0.717, 1.165) is 38.2 Å². The average molecular weight is 389 g/mol. The normalized spacial score (nSPS) is 17.2. The fourth-order valence-corrected chi connectivity index (χ4v) is 3.92. The summed E-state index contributed by atoms with van der Waals surface area (Å²) in [5.74, 6) is 0. The van der Waals surface area contributed by atoms with Crippen molar-refractivity contribution in [1.29, 1.82) is 0 Å². The van der Waals surface area contributed by atoms with Crippen LogP contribution in [0.3, 0.4) is 0 Å². The maximum atomic E-state index is 6.17. The number of benzene rings is 2. The summed E-state index contributed by atoms with van der Waals surface area (Å²) < 4.78 is 7.97. The zero-order valence-electron chi connectivity index (χ0n) is 14.6. The predicted molar refractivity (Wildman–Crippen MR) is 108 cm³/mol. The second-order valence-electron chi connectivity index (χ2n) is 6.81. The molecule has 1 aliphatic rings. The van der Waals surface area contributed by atoms with Gasteiger partial charge in [-0.3, -0.25) is 0 Å². The number of ether oxygens (including phenoxy) is 1. The fraction of sp³-hybridized carbons (Fsp3) is 0.333. The molecule has 0 radical (unpaired) electrons. The van der Waals surface area contributed by atoms with Crippen molar-refractivity contribution < 1.29 is 4.74 Å². The van der Waals surface area contributed by atoms with Gasteiger partial charge in [0.25, 0.3) is 0 Å². The van der Waals surface area contributed by atoms with E-state index in [4.69, 9.17) is 27.9 Å². The maximum absolute atomic E-state index is 6.17. The molecule has 136 valence electrons. The van der Waals surface area contributed by atoms with Crippen LogP contribution in [0.1, 0.15) is 24.0 Å². The topological polar surface area (TPSA) is 26.2 Å². The number of rotatable bonds is 6. The van der Waals surface area contributed by atoms with Crippen molar-refractivity contribution in [2.45, 2.75) is 32.0 Å². The Bertz CT molecular complexity index is 900. The summed E-state index contributed by atoms with van der Waals surface area (Å²) >= 11 is 12.2. The summed E-state index contributed by atoms with van der Waals surface area (Å²) in [6, 6.07) is 14.3. The van der Waals surface area contributed by atoms with Crippen LogP contribution in [-0.4, -0.2) is 23.8 Å². The molecule has 0 bridgehead atoms. The molecular formula is C21H22Cl2N2O. The van der Waals surface area contributed by atoms with Crippen LogP contribution in [-0.2, 0) is 17.8 Å². The minimum atomic E-state index is 0.361. The monoisotopic (exact) mass is 388 g/mol. The molecule has 2 aromatic carbocycles. The Labute approximate surface area is 163 Å². The van der Waals surface area contributed by atoms with Crippen molar-refractivity contribution in [3.63, 3.8) is 0 Å². The lowest BCUT2D eigenvalue weighted by Gasteiger charge is -2.10. The lowest BCUT2D eigenvalue weighted by molar-refractivity contribution is 0.110. The van der Waals surface area contributed by atoms with Gasteiger partial charge in [0.15, 0.2) is 0 Å². The molecule has 0 unspecified atom stereocenters. The van der Waals surface area contributed by atoms with E-state index in [-0.39, 0.29) is 0 Å². The molecule has 5 heteroatoms. The first-order chi connectivity index (χ1) is 12.7. The number of nitrogens with one attached hydrogen (secondary N) is 1. The SMILES string of the molecule is Clc1ccc(Cn2cc(CNC[C@H]3CCCO3)c3ccccc32)cc1Cl. The van der Waals surface area contributed by atoms with Gasteiger partial charge in [-0.2, -0.15) is 0 Å². The van der Waals surface area contributed by atoms with Crippen molar-refractivity contribution in [3.05, 3.63) is 69.8 Å². The molecule has 3 aromatic rings. The number of hydrogen-bond acceptors (Lipinski definition) is 2. The van der Waals surface area contributed by atoms with Gasteiger partial charge in [-0.15, -0.1) is 0 Å². The molecule has 1 aliphatic heterocycles. The summed E-state index contributed by atoms with van der Waals surface area (Å²) in [4.78, 5) is 0. The molecule has 0 spiro atoms. The van der Waals surface area contributed by atoms with Crippen molar-refractivity contribution in [2.24, 2.45) is 0 Å². The van der Waals surface area contributed by atoms with Crippen molar-refractivity contribution in [1.82, 2.24) is 9.88 Å². The van der Waals surface area contributed by atoms with E-state index < -0.39 is 0 Å². The molecule has 1 atom stereocenters. The Morgan fingerprint density at radius 1 is 1.12 bits per heavy atom. The first-order valence-electron chi connectivity index (χ1n) is 9.04. The second-order valence-corrected chi connectivity index (χ2v) is 7.63.